The van der Waals surface area contributed by atoms with Crippen molar-refractivity contribution in [3.8, 4) is 0 Å². The molecule has 0 saturated carbocycles. The molecule has 0 bridgehead atoms. The predicted molar refractivity (Wildman–Crippen MR) is 298 cm³/mol. The Hall–Kier alpha value is -1.59. The molecule has 6 heteroatoms. The lowest BCUT2D eigenvalue weighted by Gasteiger charge is -2.18. The molecule has 69 heavy (non-hydrogen) atoms. The molecule has 0 N–H and O–H groups in total. The van der Waals surface area contributed by atoms with Crippen LogP contribution in [0.5, 0.6) is 0 Å². The molecule has 0 aromatic rings. The summed E-state index contributed by atoms with van der Waals surface area (Å²) in [5.74, 6) is 1.73. The summed E-state index contributed by atoms with van der Waals surface area (Å²) >= 11 is 0. The van der Waals surface area contributed by atoms with E-state index in [9.17, 15) is 14.4 Å². The Morgan fingerprint density at radius 1 is 0.290 bits per heavy atom. The van der Waals surface area contributed by atoms with Gasteiger partial charge in [-0.1, -0.05) is 311 Å². The minimum absolute atomic E-state index is 0.0631. The van der Waals surface area contributed by atoms with Gasteiger partial charge in [0.2, 0.25) is 0 Å². The Morgan fingerprint density at radius 2 is 0.507 bits per heavy atom. The van der Waals surface area contributed by atoms with Gasteiger partial charge in [0, 0.05) is 19.3 Å². The number of ether oxygens (including phenoxy) is 3. The van der Waals surface area contributed by atoms with Crippen LogP contribution in [0.3, 0.4) is 0 Å². The molecule has 0 aliphatic heterocycles. The lowest BCUT2D eigenvalue weighted by molar-refractivity contribution is -0.167. The summed E-state index contributed by atoms with van der Waals surface area (Å²) < 4.78 is 16.9. The molecule has 0 amide bonds. The van der Waals surface area contributed by atoms with Gasteiger partial charge in [-0.05, 0) is 37.0 Å². The smallest absolute Gasteiger partial charge is 0.306 e. The SMILES string of the molecule is CCC(C)CCCCCCCCCCCCC(=O)OC[C@@H](COC(=O)CCCCCCCCCCCCCCCC(C)C)OC(=O)CCCCCCCCCCCCCCCCCCCCC(C)C. The van der Waals surface area contributed by atoms with Crippen molar-refractivity contribution in [2.75, 3.05) is 13.2 Å². The van der Waals surface area contributed by atoms with Gasteiger partial charge in [-0.3, -0.25) is 14.4 Å². The van der Waals surface area contributed by atoms with Crippen LogP contribution >= 0.6 is 0 Å². The molecule has 0 saturated heterocycles. The maximum atomic E-state index is 12.9. The number of hydrogen-bond donors (Lipinski definition) is 0. The van der Waals surface area contributed by atoms with Gasteiger partial charge in [0.15, 0.2) is 6.10 Å². The van der Waals surface area contributed by atoms with Gasteiger partial charge >= 0.3 is 17.9 Å². The van der Waals surface area contributed by atoms with Crippen molar-refractivity contribution in [3.05, 3.63) is 0 Å². The van der Waals surface area contributed by atoms with Crippen molar-refractivity contribution in [1.29, 1.82) is 0 Å². The van der Waals surface area contributed by atoms with Gasteiger partial charge < -0.3 is 14.2 Å². The fourth-order valence-electron chi connectivity index (χ4n) is 9.67. The van der Waals surface area contributed by atoms with Gasteiger partial charge in [-0.15, -0.1) is 0 Å². The second kappa shape index (κ2) is 54.2. The van der Waals surface area contributed by atoms with E-state index in [1.807, 2.05) is 0 Å². The van der Waals surface area contributed by atoms with E-state index in [4.69, 9.17) is 14.2 Å². The molecule has 0 rings (SSSR count). The van der Waals surface area contributed by atoms with E-state index in [2.05, 4.69) is 41.5 Å². The van der Waals surface area contributed by atoms with E-state index < -0.39 is 6.10 Å². The van der Waals surface area contributed by atoms with Crippen LogP contribution in [0.2, 0.25) is 0 Å². The van der Waals surface area contributed by atoms with Crippen LogP contribution in [0.1, 0.15) is 350 Å². The van der Waals surface area contributed by atoms with Gasteiger partial charge in [-0.2, -0.15) is 0 Å². The highest BCUT2D eigenvalue weighted by Crippen LogP contribution is 2.19. The lowest BCUT2D eigenvalue weighted by atomic mass is 9.99. The Balaban J connectivity index is 4.28. The molecule has 0 fully saturated rings. The molecule has 0 aromatic heterocycles. The van der Waals surface area contributed by atoms with Crippen molar-refractivity contribution in [2.45, 2.75) is 356 Å². The van der Waals surface area contributed by atoms with E-state index >= 15 is 0 Å². The maximum absolute atomic E-state index is 12.9. The number of hydrogen-bond acceptors (Lipinski definition) is 6. The highest BCUT2D eigenvalue weighted by Gasteiger charge is 2.19. The molecule has 410 valence electrons. The van der Waals surface area contributed by atoms with Gasteiger partial charge in [-0.25, -0.2) is 0 Å². The Morgan fingerprint density at radius 3 is 0.754 bits per heavy atom. The summed E-state index contributed by atoms with van der Waals surface area (Å²) in [4.78, 5) is 38.3. The zero-order chi connectivity index (χ0) is 50.5. The second-order valence-electron chi connectivity index (χ2n) is 22.9. The van der Waals surface area contributed by atoms with Crippen molar-refractivity contribution < 1.29 is 28.6 Å². The summed E-state index contributed by atoms with van der Waals surface area (Å²) in [5.41, 5.74) is 0. The normalized spacial score (nSPS) is 12.5. The molecule has 2 atom stereocenters. The molecule has 6 nitrogen and oxygen atoms in total. The van der Waals surface area contributed by atoms with Crippen LogP contribution in [0.4, 0.5) is 0 Å². The summed E-state index contributed by atoms with van der Waals surface area (Å²) in [6.07, 6.45) is 58.1. The number of esters is 3. The van der Waals surface area contributed by atoms with E-state index in [0.29, 0.717) is 19.3 Å². The maximum Gasteiger partial charge on any atom is 0.306 e. The molecule has 1 unspecified atom stereocenters. The minimum atomic E-state index is -0.764. The number of carbonyl (C=O) groups is 3. The van der Waals surface area contributed by atoms with E-state index in [1.165, 1.54) is 231 Å². The van der Waals surface area contributed by atoms with Gasteiger partial charge in [0.1, 0.15) is 13.2 Å². The third kappa shape index (κ3) is 55.6. The molecular formula is C63H122O6. The Kier molecular flexibility index (Phi) is 52.9. The average molecular weight is 976 g/mol. The van der Waals surface area contributed by atoms with Gasteiger partial charge in [0.25, 0.3) is 0 Å². The van der Waals surface area contributed by atoms with E-state index in [0.717, 1.165) is 75.5 Å². The summed E-state index contributed by atoms with van der Waals surface area (Å²) in [6.45, 7) is 13.8. The van der Waals surface area contributed by atoms with Crippen molar-refractivity contribution in [2.24, 2.45) is 17.8 Å². The monoisotopic (exact) mass is 975 g/mol. The van der Waals surface area contributed by atoms with Gasteiger partial charge in [0.05, 0.1) is 0 Å². The first kappa shape index (κ1) is 67.4. The molecular weight excluding hydrogens is 853 g/mol. The highest BCUT2D eigenvalue weighted by molar-refractivity contribution is 5.71. The van der Waals surface area contributed by atoms with Crippen molar-refractivity contribution in [3.63, 3.8) is 0 Å². The van der Waals surface area contributed by atoms with Crippen LogP contribution in [-0.4, -0.2) is 37.2 Å². The molecule has 0 aromatic carbocycles. The molecule has 0 aliphatic carbocycles. The first-order chi connectivity index (χ1) is 33.6. The molecule has 0 spiro atoms. The standard InChI is InChI=1S/C63H122O6/c1-7-59(6)51-45-39-33-27-23-24-29-35-41-47-53-62(65)68-56-60(55-67-61(64)52-46-40-34-28-21-18-14-16-20-26-32-38-44-50-58(4)5)69-63(66)54-48-42-36-30-22-17-13-11-9-8-10-12-15-19-25-31-37-43-49-57(2)3/h57-60H,7-56H2,1-6H3/t59?,60-/m1/s1. The summed E-state index contributed by atoms with van der Waals surface area (Å²) in [7, 11) is 0. The first-order valence-corrected chi connectivity index (χ1v) is 31.1. The van der Waals surface area contributed by atoms with Crippen LogP contribution in [-0.2, 0) is 28.6 Å². The Labute approximate surface area is 431 Å². The van der Waals surface area contributed by atoms with Crippen LogP contribution < -0.4 is 0 Å². The number of unbranched alkanes of at least 4 members (excludes halogenated alkanes) is 38. The second-order valence-corrected chi connectivity index (χ2v) is 22.9. The molecule has 0 aliphatic rings. The van der Waals surface area contributed by atoms with Crippen LogP contribution in [0, 0.1) is 17.8 Å². The Bertz CT molecular complexity index is 1070. The van der Waals surface area contributed by atoms with Crippen molar-refractivity contribution >= 4 is 17.9 Å². The predicted octanol–water partition coefficient (Wildman–Crippen LogP) is 20.7. The largest absolute Gasteiger partial charge is 0.462 e. The minimum Gasteiger partial charge on any atom is -0.462 e. The fourth-order valence-corrected chi connectivity index (χ4v) is 9.67. The van der Waals surface area contributed by atoms with E-state index in [-0.39, 0.29) is 31.1 Å². The quantitative estimate of drug-likeness (QED) is 0.0343. The fraction of sp³-hybridized carbons (Fsp3) is 0.952. The zero-order valence-corrected chi connectivity index (χ0v) is 47.6. The third-order valence-corrected chi connectivity index (χ3v) is 14.8. The lowest BCUT2D eigenvalue weighted by Crippen LogP contribution is -2.30. The average Bonchev–Trinajstić information content (AvgIpc) is 3.32. The first-order valence-electron chi connectivity index (χ1n) is 31.1. The molecule has 0 heterocycles. The summed E-state index contributed by atoms with van der Waals surface area (Å²) in [6, 6.07) is 0. The van der Waals surface area contributed by atoms with Crippen molar-refractivity contribution in [1.82, 2.24) is 0 Å². The zero-order valence-electron chi connectivity index (χ0n) is 47.6. The number of rotatable bonds is 56. The van der Waals surface area contributed by atoms with E-state index in [1.54, 1.807) is 0 Å². The third-order valence-electron chi connectivity index (χ3n) is 14.8. The number of carbonyl (C=O) groups excluding carboxylic acids is 3. The van der Waals surface area contributed by atoms with Crippen LogP contribution in [0.15, 0.2) is 0 Å². The highest BCUT2D eigenvalue weighted by atomic mass is 16.6. The summed E-state index contributed by atoms with van der Waals surface area (Å²) in [5, 5.41) is 0. The topological polar surface area (TPSA) is 78.9 Å². The van der Waals surface area contributed by atoms with Crippen LogP contribution in [0.25, 0.3) is 0 Å². The molecule has 0 radical (unpaired) electrons.